The average molecular weight is 161 g/mol. The largest absolute Gasteiger partial charge is 0.388 e. The van der Waals surface area contributed by atoms with Crippen molar-refractivity contribution in [2.45, 2.75) is 0 Å². The third-order valence-electron chi connectivity index (χ3n) is 1.49. The van der Waals surface area contributed by atoms with Gasteiger partial charge in [0.25, 0.3) is 0 Å². The molecule has 62 valence electrons. The van der Waals surface area contributed by atoms with E-state index in [9.17, 15) is 0 Å². The third kappa shape index (κ3) is 2.30. The van der Waals surface area contributed by atoms with Crippen molar-refractivity contribution in [2.75, 3.05) is 19.0 Å². The van der Waals surface area contributed by atoms with Gasteiger partial charge in [-0.1, -0.05) is 11.8 Å². The maximum Gasteiger partial charge on any atom is 0.104 e. The van der Waals surface area contributed by atoms with Crippen molar-refractivity contribution in [2.24, 2.45) is 0 Å². The van der Waals surface area contributed by atoms with Gasteiger partial charge in [0, 0.05) is 18.3 Å². The highest BCUT2D eigenvalue weighted by atomic mass is 16.2. The van der Waals surface area contributed by atoms with Crippen LogP contribution in [0.15, 0.2) is 24.3 Å². The molecule has 2 nitrogen and oxygen atoms in total. The minimum Gasteiger partial charge on any atom is -0.388 e. The lowest BCUT2D eigenvalue weighted by molar-refractivity contribution is 0.350. The summed E-state index contributed by atoms with van der Waals surface area (Å²) in [5.41, 5.74) is 1.98. The minimum atomic E-state index is -0.0895. The van der Waals surface area contributed by atoms with Gasteiger partial charge >= 0.3 is 0 Å². The monoisotopic (exact) mass is 161 g/mol. The van der Waals surface area contributed by atoms with Crippen LogP contribution in [-0.4, -0.2) is 18.8 Å². The second kappa shape index (κ2) is 4.42. The zero-order chi connectivity index (χ0) is 8.81. The first kappa shape index (κ1) is 8.63. The van der Waals surface area contributed by atoms with E-state index in [4.69, 9.17) is 5.11 Å². The number of aliphatic hydroxyl groups is 1. The Labute approximate surface area is 72.2 Å². The van der Waals surface area contributed by atoms with Crippen molar-refractivity contribution in [1.29, 1.82) is 0 Å². The van der Waals surface area contributed by atoms with Crippen LogP contribution >= 0.6 is 0 Å². The molecule has 0 saturated carbocycles. The van der Waals surface area contributed by atoms with Gasteiger partial charge in [0.1, 0.15) is 6.61 Å². The van der Waals surface area contributed by atoms with E-state index in [-0.39, 0.29) is 6.61 Å². The Hall–Kier alpha value is -1.46. The molecule has 0 aliphatic rings. The van der Waals surface area contributed by atoms with Crippen molar-refractivity contribution in [3.8, 4) is 11.8 Å². The maximum absolute atomic E-state index is 8.44. The fourth-order valence-corrected chi connectivity index (χ4v) is 0.862. The predicted octanol–water partition coefficient (Wildman–Crippen LogP) is 1.07. The van der Waals surface area contributed by atoms with E-state index in [2.05, 4.69) is 17.2 Å². The molecule has 2 heteroatoms. The molecule has 0 atom stereocenters. The number of hydrogen-bond acceptors (Lipinski definition) is 2. The first-order chi connectivity index (χ1) is 5.86. The van der Waals surface area contributed by atoms with Crippen molar-refractivity contribution in [3.05, 3.63) is 29.8 Å². The molecule has 0 saturated heterocycles. The number of anilines is 1. The molecule has 2 N–H and O–H groups in total. The molecule has 12 heavy (non-hydrogen) atoms. The van der Waals surface area contributed by atoms with Crippen LogP contribution in [0.4, 0.5) is 5.69 Å². The molecule has 0 radical (unpaired) electrons. The van der Waals surface area contributed by atoms with E-state index >= 15 is 0 Å². The van der Waals surface area contributed by atoms with Crippen LogP contribution in [0.3, 0.4) is 0 Å². The zero-order valence-electron chi connectivity index (χ0n) is 6.96. The van der Waals surface area contributed by atoms with Gasteiger partial charge in [-0.25, -0.2) is 0 Å². The number of rotatable bonds is 1. The molecule has 0 heterocycles. The van der Waals surface area contributed by atoms with Crippen molar-refractivity contribution < 1.29 is 5.11 Å². The normalized spacial score (nSPS) is 8.50. The molecule has 1 aromatic carbocycles. The van der Waals surface area contributed by atoms with E-state index in [0.29, 0.717) is 0 Å². The van der Waals surface area contributed by atoms with E-state index in [1.54, 1.807) is 0 Å². The Morgan fingerprint density at radius 1 is 1.33 bits per heavy atom. The van der Waals surface area contributed by atoms with Crippen LogP contribution in [0.2, 0.25) is 0 Å². The van der Waals surface area contributed by atoms with E-state index in [1.807, 2.05) is 31.3 Å². The van der Waals surface area contributed by atoms with Crippen LogP contribution in [0.1, 0.15) is 5.56 Å². The zero-order valence-corrected chi connectivity index (χ0v) is 6.96. The smallest absolute Gasteiger partial charge is 0.104 e. The molecular formula is C10H11NO. The highest BCUT2D eigenvalue weighted by molar-refractivity contribution is 5.47. The highest BCUT2D eigenvalue weighted by Crippen LogP contribution is 2.06. The molecule has 1 aromatic rings. The van der Waals surface area contributed by atoms with Crippen LogP contribution in [0, 0.1) is 11.8 Å². The van der Waals surface area contributed by atoms with Crippen LogP contribution in [0.25, 0.3) is 0 Å². The summed E-state index contributed by atoms with van der Waals surface area (Å²) in [6.07, 6.45) is 0. The lowest BCUT2D eigenvalue weighted by Gasteiger charge is -1.97. The topological polar surface area (TPSA) is 32.3 Å². The van der Waals surface area contributed by atoms with Gasteiger partial charge in [0.2, 0.25) is 0 Å². The van der Waals surface area contributed by atoms with Gasteiger partial charge in [-0.15, -0.1) is 0 Å². The van der Waals surface area contributed by atoms with Gasteiger partial charge in [-0.3, -0.25) is 0 Å². The quantitative estimate of drug-likeness (QED) is 0.604. The van der Waals surface area contributed by atoms with Gasteiger partial charge < -0.3 is 10.4 Å². The van der Waals surface area contributed by atoms with Crippen molar-refractivity contribution in [1.82, 2.24) is 0 Å². The van der Waals surface area contributed by atoms with Gasteiger partial charge in [-0.05, 0) is 24.3 Å². The Morgan fingerprint density at radius 2 is 2.00 bits per heavy atom. The summed E-state index contributed by atoms with van der Waals surface area (Å²) >= 11 is 0. The Kier molecular flexibility index (Phi) is 3.18. The molecule has 0 fully saturated rings. The first-order valence-corrected chi connectivity index (χ1v) is 3.74. The number of nitrogens with one attached hydrogen (secondary N) is 1. The van der Waals surface area contributed by atoms with Gasteiger partial charge in [0.15, 0.2) is 0 Å². The lowest BCUT2D eigenvalue weighted by Crippen LogP contribution is -1.86. The van der Waals surface area contributed by atoms with Gasteiger partial charge in [-0.2, -0.15) is 0 Å². The molecule has 1 rings (SSSR count). The molecule has 0 unspecified atom stereocenters. The van der Waals surface area contributed by atoms with Crippen LogP contribution in [0.5, 0.6) is 0 Å². The van der Waals surface area contributed by atoms with E-state index < -0.39 is 0 Å². The minimum absolute atomic E-state index is 0.0895. The fourth-order valence-electron chi connectivity index (χ4n) is 0.862. The third-order valence-corrected chi connectivity index (χ3v) is 1.49. The number of hydrogen-bond donors (Lipinski definition) is 2. The predicted molar refractivity (Wildman–Crippen MR) is 50.0 cm³/mol. The summed E-state index contributed by atoms with van der Waals surface area (Å²) in [6, 6.07) is 7.71. The molecule has 0 aromatic heterocycles. The van der Waals surface area contributed by atoms with E-state index in [1.165, 1.54) is 0 Å². The Bertz CT molecular complexity index is 292. The first-order valence-electron chi connectivity index (χ1n) is 3.74. The molecule has 0 aliphatic heterocycles. The van der Waals surface area contributed by atoms with Crippen molar-refractivity contribution in [3.63, 3.8) is 0 Å². The van der Waals surface area contributed by atoms with Crippen LogP contribution < -0.4 is 5.32 Å². The summed E-state index contributed by atoms with van der Waals surface area (Å²) in [6.45, 7) is -0.0895. The number of benzene rings is 1. The SMILES string of the molecule is CNc1ccc(C#CCO)cc1. The van der Waals surface area contributed by atoms with E-state index in [0.717, 1.165) is 11.3 Å². The average Bonchev–Trinajstić information content (AvgIpc) is 2.15. The molecule has 0 aliphatic carbocycles. The summed E-state index contributed by atoms with van der Waals surface area (Å²) < 4.78 is 0. The molecular weight excluding hydrogens is 150 g/mol. The highest BCUT2D eigenvalue weighted by Gasteiger charge is 1.87. The Balaban J connectivity index is 2.78. The second-order valence-corrected chi connectivity index (χ2v) is 2.29. The molecule has 0 spiro atoms. The van der Waals surface area contributed by atoms with Crippen LogP contribution in [-0.2, 0) is 0 Å². The summed E-state index contributed by atoms with van der Waals surface area (Å²) in [5.74, 6) is 5.41. The summed E-state index contributed by atoms with van der Waals surface area (Å²) in [7, 11) is 1.87. The molecule has 0 bridgehead atoms. The molecule has 0 amide bonds. The fraction of sp³-hybridized carbons (Fsp3) is 0.200. The Morgan fingerprint density at radius 3 is 2.50 bits per heavy atom. The van der Waals surface area contributed by atoms with Crippen molar-refractivity contribution >= 4 is 5.69 Å². The lowest BCUT2D eigenvalue weighted by atomic mass is 10.2. The van der Waals surface area contributed by atoms with Gasteiger partial charge in [0.05, 0.1) is 0 Å². The summed E-state index contributed by atoms with van der Waals surface area (Å²) in [4.78, 5) is 0. The summed E-state index contributed by atoms with van der Waals surface area (Å²) in [5, 5.41) is 11.5. The maximum atomic E-state index is 8.44. The number of aliphatic hydroxyl groups excluding tert-OH is 1. The second-order valence-electron chi connectivity index (χ2n) is 2.29. The standard InChI is InChI=1S/C10H11NO/c1-11-10-6-4-9(5-7-10)3-2-8-12/h4-7,11-12H,8H2,1H3.